The average molecular weight is 1880 g/mol. The van der Waals surface area contributed by atoms with Crippen molar-refractivity contribution in [3.63, 3.8) is 0 Å². The molecule has 5 heterocycles. The van der Waals surface area contributed by atoms with Gasteiger partial charge in [0.1, 0.15) is 24.0 Å². The van der Waals surface area contributed by atoms with E-state index in [-0.39, 0.29) is 147 Å². The standard InChI is InChI=1S/C61H82N9O15.C25H33N2O6.U/c1-10-79-22-23-81-26-27-82-25-24-80-21-18-53(71)67-54(38(2)3)41(6)65-42(7)55(72)66-44-16-14-43(15-17-44)36-85-59(76)70-48-31-52(50(78-9)29-46(48)57(74)69-35-40(5)33-61(69,63)58(70)75)84-20-13-11-12-19-83-51-30-47-45(28-49(51)77-8)56(73)68-34-39(4)32-60(68,62)37-64-47;1-2-31-16-17-33-19-18-32-15-13-26-23(28)12-14-27-24(29)20-22(25(27)30)21-10-8-6-4-3-5-7-9-11-21;/h14-17,28-31,34-35,37-38,42,54,58,65,75H,1,6,10-13,18-27,32-33,36,62-63H2,2-5,7-9H3,(H,66,72)(H,67,71);3-11,22H,1-2,12-20H2,(H,26,28);/q2*-1;+2/t42-,54-,58-,60-,61-;;/m0../s1. The number of carbonyl (C=O) groups excluding carboxylic acids is 8. The molecule has 0 saturated carbocycles. The predicted octanol–water partition coefficient (Wildman–Crippen LogP) is 8.24. The van der Waals surface area contributed by atoms with Crippen molar-refractivity contribution in [2.45, 2.75) is 128 Å². The van der Waals surface area contributed by atoms with Crippen molar-refractivity contribution >= 4 is 70.7 Å². The van der Waals surface area contributed by atoms with E-state index in [4.69, 9.17) is 68.3 Å². The summed E-state index contributed by atoms with van der Waals surface area (Å²) in [6.07, 6.45) is 4.80. The minimum Gasteiger partial charge on any atom is -0.493 e. The Morgan fingerprint density at radius 1 is 0.630 bits per heavy atom. The average Bonchev–Trinajstić information content (AvgIpc) is 1.57. The van der Waals surface area contributed by atoms with Crippen molar-refractivity contribution in [2.75, 3.05) is 143 Å². The van der Waals surface area contributed by atoms with E-state index in [0.717, 1.165) is 16.0 Å². The summed E-state index contributed by atoms with van der Waals surface area (Å²) in [6.45, 7) is 26.9. The quantitative estimate of drug-likeness (QED) is 0.0124. The largest absolute Gasteiger partial charge is 2.00 e. The van der Waals surface area contributed by atoms with E-state index >= 15 is 0 Å². The van der Waals surface area contributed by atoms with Gasteiger partial charge in [-0.3, -0.25) is 53.3 Å². The predicted molar refractivity (Wildman–Crippen MR) is 441 cm³/mol. The number of aliphatic imine (C=N–C) groups is 1. The number of aliphatic hydroxyl groups is 1. The number of nitrogens with one attached hydrogen (secondary N) is 4. The molecule has 0 aromatic heterocycles. The molecule has 8 amide bonds. The number of fused-ring (bicyclic) bond motifs is 4. The third-order valence-corrected chi connectivity index (χ3v) is 19.4. The summed E-state index contributed by atoms with van der Waals surface area (Å²) < 4.78 is 66.7. The Morgan fingerprint density at radius 3 is 1.76 bits per heavy atom. The third-order valence-electron chi connectivity index (χ3n) is 19.4. The zero-order valence-corrected chi connectivity index (χ0v) is 73.3. The topological polar surface area (TPSA) is 393 Å². The number of ether oxygens (including phenoxy) is 12. The van der Waals surface area contributed by atoms with Gasteiger partial charge in [-0.15, -0.1) is 0 Å². The summed E-state index contributed by atoms with van der Waals surface area (Å²) in [5.41, 5.74) is 15.3. The Hall–Kier alpha value is -9.34. The van der Waals surface area contributed by atoms with Crippen LogP contribution in [-0.2, 0) is 68.5 Å². The number of likely N-dealkylation sites (tertiary alicyclic amines) is 1. The van der Waals surface area contributed by atoms with Gasteiger partial charge >= 0.3 is 37.2 Å². The van der Waals surface area contributed by atoms with Crippen LogP contribution in [0, 0.1) is 50.9 Å². The van der Waals surface area contributed by atoms with Gasteiger partial charge in [0.2, 0.25) is 29.5 Å². The van der Waals surface area contributed by atoms with Crippen molar-refractivity contribution in [3.05, 3.63) is 175 Å². The molecule has 5 aliphatic heterocycles. The second-order valence-electron chi connectivity index (χ2n) is 28.8. The number of nitrogens with two attached hydrogens (primary N) is 2. The van der Waals surface area contributed by atoms with Gasteiger partial charge in [0, 0.05) is 87.3 Å². The molecule has 32 nitrogen and oxygen atoms in total. The van der Waals surface area contributed by atoms with Crippen LogP contribution in [0.25, 0.3) is 0 Å². The van der Waals surface area contributed by atoms with Crippen LogP contribution in [0.4, 0.5) is 21.9 Å². The molecule has 0 spiro atoms. The summed E-state index contributed by atoms with van der Waals surface area (Å²) in [6, 6.07) is 28.4. The van der Waals surface area contributed by atoms with Gasteiger partial charge in [0.15, 0.2) is 29.2 Å². The first-order valence-corrected chi connectivity index (χ1v) is 39.6. The summed E-state index contributed by atoms with van der Waals surface area (Å²) in [5, 5.41) is 23.8. The molecule has 33 heteroatoms. The van der Waals surface area contributed by atoms with Crippen molar-refractivity contribution in [1.82, 2.24) is 30.7 Å². The van der Waals surface area contributed by atoms with Crippen LogP contribution in [0.2, 0.25) is 0 Å². The molecular weight excluding hydrogens is 1760 g/mol. The Labute approximate surface area is 720 Å². The maximum absolute atomic E-state index is 14.3. The number of carbonyl (C=O) groups is 8. The van der Waals surface area contributed by atoms with E-state index in [9.17, 15) is 43.5 Å². The molecule has 0 aliphatic carbocycles. The first kappa shape index (κ1) is 96.8. The molecule has 9 N–H and O–H groups in total. The third kappa shape index (κ3) is 28.4. The van der Waals surface area contributed by atoms with Crippen LogP contribution in [-0.4, -0.2) is 236 Å². The van der Waals surface area contributed by atoms with E-state index in [1.54, 1.807) is 68.9 Å². The zero-order chi connectivity index (χ0) is 85.2. The molecule has 1 saturated heterocycles. The molecule has 119 heavy (non-hydrogen) atoms. The fourth-order valence-corrected chi connectivity index (χ4v) is 13.3. The molecule has 9 rings (SSSR count). The van der Waals surface area contributed by atoms with E-state index in [1.165, 1.54) is 41.1 Å². The summed E-state index contributed by atoms with van der Waals surface area (Å²) in [5.74, 6) is -1.59. The van der Waals surface area contributed by atoms with Gasteiger partial charge in [0.05, 0.1) is 141 Å². The van der Waals surface area contributed by atoms with Crippen molar-refractivity contribution < 1.29 is 131 Å². The molecule has 1 fully saturated rings. The van der Waals surface area contributed by atoms with Gasteiger partial charge in [0.25, 0.3) is 11.8 Å². The smallest absolute Gasteiger partial charge is 0.493 e. The van der Waals surface area contributed by atoms with Crippen molar-refractivity contribution in [2.24, 2.45) is 22.4 Å². The number of hydrogen-bond donors (Lipinski definition) is 7. The van der Waals surface area contributed by atoms with Gasteiger partial charge in [-0.05, 0) is 81.3 Å². The van der Waals surface area contributed by atoms with E-state index in [1.807, 2.05) is 75.4 Å². The van der Waals surface area contributed by atoms with Crippen LogP contribution >= 0.6 is 0 Å². The number of unbranched alkanes of at least 4 members (excludes halogenated alkanes) is 2. The van der Waals surface area contributed by atoms with Gasteiger partial charge in [-0.1, -0.05) is 112 Å². The molecule has 5 aliphatic rings. The Kier molecular flexibility index (Phi) is 40.2. The number of hydrogen-bond acceptors (Lipinski definition) is 25. The summed E-state index contributed by atoms with van der Waals surface area (Å²) in [4.78, 5) is 115. The number of nitrogens with zero attached hydrogens (tertiary/aromatic N) is 5. The molecule has 4 aromatic rings. The molecule has 644 valence electrons. The SMILES string of the molecule is C=C(N[C@@H](C)C(=O)Nc1ccc(COC(=O)N2c3cc(OCCCCCOc4cc5c(cc4OC)C(=O)N4C=C(C)C[C@@]4(N)C=N5)c(OC)cc3C(=O)N3C=C(C)C[C@@]3(N)[C@@H]2O)cc1)[C@@H](NC(=O)CCOCCOCCOCCOC[CH2-])C(C)C.[CH2-]COCCOCCOCCNC(=O)CCN1C(=O)CC(c2ccccccccc2)C1=O.[U+2]. The molecule has 0 radical (unpaired) electrons. The number of rotatable bonds is 46. The van der Waals surface area contributed by atoms with Gasteiger partial charge in [-0.2, -0.15) is 0 Å². The number of amides is 8. The number of benzene rings is 3. The number of aliphatic hydroxyl groups excluding tert-OH is 1. The van der Waals surface area contributed by atoms with Crippen molar-refractivity contribution in [1.29, 1.82) is 0 Å². The molecule has 4 aromatic carbocycles. The minimum absolute atomic E-state index is 0. The maximum Gasteiger partial charge on any atom is 2.00 e. The maximum atomic E-state index is 14.3. The van der Waals surface area contributed by atoms with Crippen LogP contribution in [0.1, 0.15) is 124 Å². The van der Waals surface area contributed by atoms with E-state index in [2.05, 4.69) is 46.7 Å². The van der Waals surface area contributed by atoms with Crippen LogP contribution < -0.4 is 56.6 Å². The minimum atomic E-state index is -1.78. The molecule has 6 atom stereocenters. The Bertz CT molecular complexity index is 4200. The molecule has 0 bridgehead atoms. The molecule has 1 unspecified atom stereocenters. The van der Waals surface area contributed by atoms with E-state index < -0.39 is 47.6 Å². The summed E-state index contributed by atoms with van der Waals surface area (Å²) in [7, 11) is 2.93. The Morgan fingerprint density at radius 2 is 1.17 bits per heavy atom. The second-order valence-corrected chi connectivity index (χ2v) is 28.8. The monoisotopic (exact) mass is 1880 g/mol. The van der Waals surface area contributed by atoms with Crippen molar-refractivity contribution in [3.8, 4) is 23.0 Å². The fraction of sp³-hybridized carbons (Fsp3) is 0.477. The first-order valence-electron chi connectivity index (χ1n) is 39.6. The number of methoxy groups -OCH3 is 2. The Balaban J connectivity index is 0.000000480. The van der Waals surface area contributed by atoms with Crippen LogP contribution in [0.3, 0.4) is 0 Å². The normalized spacial score (nSPS) is 18.1. The van der Waals surface area contributed by atoms with Crippen LogP contribution in [0.15, 0.2) is 144 Å². The van der Waals surface area contributed by atoms with Crippen LogP contribution in [0.5, 0.6) is 23.0 Å². The number of imide groups is 1. The van der Waals surface area contributed by atoms with E-state index in [0.29, 0.717) is 170 Å². The van der Waals surface area contributed by atoms with Gasteiger partial charge in [-0.25, -0.2) is 9.69 Å². The van der Waals surface area contributed by atoms with Gasteiger partial charge < -0.3 is 109 Å². The number of anilines is 2. The summed E-state index contributed by atoms with van der Waals surface area (Å²) >= 11 is 0. The molecular formula is C86H115N11O21U. The first-order chi connectivity index (χ1) is 56.8. The zero-order valence-electron chi connectivity index (χ0n) is 69.1. The fourth-order valence-electron chi connectivity index (χ4n) is 13.3. The second kappa shape index (κ2) is 49.4.